The van der Waals surface area contributed by atoms with Crippen molar-refractivity contribution in [3.8, 4) is 0 Å². The highest BCUT2D eigenvalue weighted by Gasteiger charge is 2.82. The molecule has 1 saturated carbocycles. The lowest BCUT2D eigenvalue weighted by Gasteiger charge is -2.31. The molecule has 1 aliphatic carbocycles. The van der Waals surface area contributed by atoms with E-state index in [1.807, 2.05) is 0 Å². The first-order valence-electron chi connectivity index (χ1n) is 6.00. The second kappa shape index (κ2) is 5.92. The van der Waals surface area contributed by atoms with Crippen molar-refractivity contribution in [1.29, 1.82) is 0 Å². The molecular weight excluding hydrogens is 362 g/mol. The monoisotopic (exact) mass is 372 g/mol. The second-order valence-corrected chi connectivity index (χ2v) is 6.26. The van der Waals surface area contributed by atoms with Crippen LogP contribution in [0.1, 0.15) is 25.7 Å². The Labute approximate surface area is 125 Å². The highest BCUT2D eigenvalue weighted by molar-refractivity contribution is 7.88. The van der Waals surface area contributed by atoms with Crippen LogP contribution in [-0.4, -0.2) is 47.9 Å². The number of esters is 1. The summed E-state index contributed by atoms with van der Waals surface area (Å²) in [5.41, 5.74) is 0. The van der Waals surface area contributed by atoms with Gasteiger partial charge in [0.15, 0.2) is 11.9 Å². The standard InChI is InChI=1S/C10H10F6O6S/c11-8(23(19,20)21,9(12,13)10(14,15)16)7(18)22-6-4-2-1-3-5(6)17/h6H,1-4H2,(H,19,20,21). The Bertz CT molecular complexity index is 599. The van der Waals surface area contributed by atoms with Crippen molar-refractivity contribution in [2.24, 2.45) is 0 Å². The number of alkyl halides is 6. The molecule has 1 N–H and O–H groups in total. The van der Waals surface area contributed by atoms with Gasteiger partial charge in [0.25, 0.3) is 0 Å². The lowest BCUT2D eigenvalue weighted by molar-refractivity contribution is -0.310. The van der Waals surface area contributed by atoms with Crippen molar-refractivity contribution in [2.75, 3.05) is 0 Å². The SMILES string of the molecule is O=C1CCCCC1OC(=O)C(F)(C(F)(F)C(F)(F)F)S(=O)(=O)O. The first kappa shape index (κ1) is 19.7. The summed E-state index contributed by atoms with van der Waals surface area (Å²) in [6.07, 6.45) is -8.66. The van der Waals surface area contributed by atoms with Crippen LogP contribution in [0.5, 0.6) is 0 Å². The molecule has 0 amide bonds. The normalized spacial score (nSPS) is 23.3. The van der Waals surface area contributed by atoms with Crippen LogP contribution in [-0.2, 0) is 24.4 Å². The summed E-state index contributed by atoms with van der Waals surface area (Å²) < 4.78 is 111. The van der Waals surface area contributed by atoms with E-state index in [0.29, 0.717) is 6.42 Å². The molecule has 1 fully saturated rings. The molecule has 2 atom stereocenters. The number of hydrogen-bond acceptors (Lipinski definition) is 5. The largest absolute Gasteiger partial charge is 0.458 e. The third-order valence-electron chi connectivity index (χ3n) is 3.13. The van der Waals surface area contributed by atoms with Crippen molar-refractivity contribution in [2.45, 2.75) is 48.9 Å². The van der Waals surface area contributed by atoms with Gasteiger partial charge in [-0.05, 0) is 19.3 Å². The zero-order chi connectivity index (χ0) is 18.3. The Morgan fingerprint density at radius 3 is 2.04 bits per heavy atom. The molecule has 0 aromatic carbocycles. The van der Waals surface area contributed by atoms with Gasteiger partial charge in [0.2, 0.25) is 0 Å². The molecule has 0 bridgehead atoms. The summed E-state index contributed by atoms with van der Waals surface area (Å²) in [6.45, 7) is 0. The van der Waals surface area contributed by atoms with Crippen LogP contribution >= 0.6 is 0 Å². The third-order valence-corrected chi connectivity index (χ3v) is 4.26. The highest BCUT2D eigenvalue weighted by Crippen LogP contribution is 2.48. The first-order valence-corrected chi connectivity index (χ1v) is 7.44. The van der Waals surface area contributed by atoms with E-state index < -0.39 is 45.1 Å². The van der Waals surface area contributed by atoms with Gasteiger partial charge in [-0.2, -0.15) is 30.4 Å². The Morgan fingerprint density at radius 2 is 1.65 bits per heavy atom. The van der Waals surface area contributed by atoms with Crippen molar-refractivity contribution in [1.82, 2.24) is 0 Å². The molecule has 2 unspecified atom stereocenters. The lowest BCUT2D eigenvalue weighted by Crippen LogP contribution is -2.63. The Hall–Kier alpha value is -1.37. The van der Waals surface area contributed by atoms with Gasteiger partial charge in [0.05, 0.1) is 0 Å². The second-order valence-electron chi connectivity index (χ2n) is 4.75. The van der Waals surface area contributed by atoms with Crippen LogP contribution in [0.3, 0.4) is 0 Å². The molecule has 134 valence electrons. The Balaban J connectivity index is 3.27. The van der Waals surface area contributed by atoms with E-state index in [-0.39, 0.29) is 19.3 Å². The molecule has 0 aromatic rings. The van der Waals surface area contributed by atoms with Crippen LogP contribution in [0.15, 0.2) is 0 Å². The van der Waals surface area contributed by atoms with Gasteiger partial charge in [-0.3, -0.25) is 9.35 Å². The molecule has 6 nitrogen and oxygen atoms in total. The fraction of sp³-hybridized carbons (Fsp3) is 0.800. The Kier molecular flexibility index (Phi) is 5.07. The van der Waals surface area contributed by atoms with Crippen molar-refractivity contribution >= 4 is 21.9 Å². The maximum atomic E-state index is 14.0. The van der Waals surface area contributed by atoms with Gasteiger partial charge in [-0.25, -0.2) is 9.18 Å². The van der Waals surface area contributed by atoms with E-state index >= 15 is 0 Å². The quantitative estimate of drug-likeness (QED) is 0.459. The van der Waals surface area contributed by atoms with Gasteiger partial charge in [-0.1, -0.05) is 0 Å². The molecule has 0 aromatic heterocycles. The number of Topliss-reactive ketones (excluding diaryl/α,β-unsaturated/α-hetero) is 1. The molecule has 0 radical (unpaired) electrons. The van der Waals surface area contributed by atoms with Crippen LogP contribution in [0.25, 0.3) is 0 Å². The zero-order valence-electron chi connectivity index (χ0n) is 11.1. The van der Waals surface area contributed by atoms with E-state index in [2.05, 4.69) is 4.74 Å². The summed E-state index contributed by atoms with van der Waals surface area (Å²) in [6, 6.07) is 0. The number of halogens is 6. The number of ether oxygens (including phenoxy) is 1. The summed E-state index contributed by atoms with van der Waals surface area (Å²) in [4.78, 5) is 22.7. The van der Waals surface area contributed by atoms with Crippen molar-refractivity contribution in [3.05, 3.63) is 0 Å². The zero-order valence-corrected chi connectivity index (χ0v) is 11.9. The third kappa shape index (κ3) is 3.29. The number of ketones is 1. The van der Waals surface area contributed by atoms with Gasteiger partial charge in [0.1, 0.15) is 0 Å². The molecule has 0 saturated heterocycles. The molecular formula is C10H10F6O6S. The van der Waals surface area contributed by atoms with Crippen LogP contribution in [0.4, 0.5) is 26.3 Å². The van der Waals surface area contributed by atoms with E-state index in [4.69, 9.17) is 4.55 Å². The molecule has 0 heterocycles. The highest BCUT2D eigenvalue weighted by atomic mass is 32.2. The van der Waals surface area contributed by atoms with E-state index in [0.717, 1.165) is 0 Å². The average Bonchev–Trinajstić information content (AvgIpc) is 2.37. The molecule has 13 heteroatoms. The molecule has 0 aliphatic heterocycles. The van der Waals surface area contributed by atoms with Crippen LogP contribution in [0.2, 0.25) is 0 Å². The molecule has 0 spiro atoms. The minimum absolute atomic E-state index is 0.210. The maximum absolute atomic E-state index is 14.0. The van der Waals surface area contributed by atoms with Gasteiger partial charge >= 0.3 is 33.2 Å². The predicted molar refractivity (Wildman–Crippen MR) is 59.7 cm³/mol. The van der Waals surface area contributed by atoms with Crippen LogP contribution < -0.4 is 0 Å². The van der Waals surface area contributed by atoms with Crippen molar-refractivity contribution in [3.63, 3.8) is 0 Å². The number of hydrogen-bond donors (Lipinski definition) is 1. The predicted octanol–water partition coefficient (Wildman–Crippen LogP) is 1.79. The average molecular weight is 372 g/mol. The van der Waals surface area contributed by atoms with Crippen LogP contribution in [0, 0.1) is 0 Å². The van der Waals surface area contributed by atoms with Gasteiger partial charge < -0.3 is 4.74 Å². The molecule has 1 rings (SSSR count). The van der Waals surface area contributed by atoms with Crippen molar-refractivity contribution < 1.29 is 53.6 Å². The number of carbonyl (C=O) groups is 2. The fourth-order valence-electron chi connectivity index (χ4n) is 1.86. The summed E-state index contributed by atoms with van der Waals surface area (Å²) >= 11 is 0. The fourth-order valence-corrected chi connectivity index (χ4v) is 2.56. The molecule has 1 aliphatic rings. The smallest absolute Gasteiger partial charge is 0.451 e. The van der Waals surface area contributed by atoms with E-state index in [1.54, 1.807) is 0 Å². The summed E-state index contributed by atoms with van der Waals surface area (Å²) in [7, 11) is -6.90. The van der Waals surface area contributed by atoms with E-state index in [9.17, 15) is 44.3 Å². The van der Waals surface area contributed by atoms with E-state index in [1.165, 1.54) is 0 Å². The number of rotatable bonds is 4. The lowest BCUT2D eigenvalue weighted by atomic mass is 9.96. The minimum atomic E-state index is -6.90. The first-order chi connectivity index (χ1) is 10.2. The summed E-state index contributed by atoms with van der Waals surface area (Å²) in [5, 5.41) is -6.13. The minimum Gasteiger partial charge on any atom is -0.451 e. The van der Waals surface area contributed by atoms with Gasteiger partial charge in [-0.15, -0.1) is 0 Å². The maximum Gasteiger partial charge on any atom is 0.458 e. The van der Waals surface area contributed by atoms with Gasteiger partial charge in [0, 0.05) is 6.42 Å². The number of carbonyl (C=O) groups excluding carboxylic acids is 2. The Morgan fingerprint density at radius 1 is 1.13 bits per heavy atom. The molecule has 23 heavy (non-hydrogen) atoms. The topological polar surface area (TPSA) is 97.7 Å². The summed E-state index contributed by atoms with van der Waals surface area (Å²) in [5.74, 6) is -10.9.